The lowest BCUT2D eigenvalue weighted by atomic mass is 9.96. The normalized spacial score (nSPS) is 31.6. The van der Waals surface area contributed by atoms with E-state index in [-0.39, 0.29) is 0 Å². The summed E-state index contributed by atoms with van der Waals surface area (Å²) in [6.07, 6.45) is 6.25. The van der Waals surface area contributed by atoms with Gasteiger partial charge >= 0.3 is 0 Å². The molecule has 0 aromatic rings. The molecule has 0 radical (unpaired) electrons. The molecule has 1 saturated carbocycles. The largest absolute Gasteiger partial charge is 0.327 e. The summed E-state index contributed by atoms with van der Waals surface area (Å²) in [5.41, 5.74) is 11.9. The van der Waals surface area contributed by atoms with Crippen molar-refractivity contribution in [2.75, 3.05) is 5.75 Å². The van der Waals surface area contributed by atoms with Gasteiger partial charge in [0.25, 0.3) is 0 Å². The van der Waals surface area contributed by atoms with Crippen LogP contribution in [0.5, 0.6) is 0 Å². The molecule has 1 aliphatic rings. The second kappa shape index (κ2) is 5.89. The highest BCUT2D eigenvalue weighted by atomic mass is 32.2. The summed E-state index contributed by atoms with van der Waals surface area (Å²) in [7, 11) is 0. The molecule has 3 unspecified atom stereocenters. The van der Waals surface area contributed by atoms with Crippen LogP contribution in [-0.2, 0) is 0 Å². The molecule has 0 saturated heterocycles. The summed E-state index contributed by atoms with van der Waals surface area (Å²) in [6, 6.07) is 0.780. The molecule has 0 aliphatic heterocycles. The van der Waals surface area contributed by atoms with Crippen LogP contribution in [0.15, 0.2) is 0 Å². The molecule has 3 heteroatoms. The van der Waals surface area contributed by atoms with Gasteiger partial charge in [-0.3, -0.25) is 0 Å². The van der Waals surface area contributed by atoms with Gasteiger partial charge in [0.1, 0.15) is 0 Å². The summed E-state index contributed by atoms with van der Waals surface area (Å²) < 4.78 is 0. The van der Waals surface area contributed by atoms with Gasteiger partial charge in [-0.25, -0.2) is 0 Å². The van der Waals surface area contributed by atoms with Gasteiger partial charge in [-0.2, -0.15) is 11.8 Å². The Labute approximate surface area is 85.8 Å². The van der Waals surface area contributed by atoms with Crippen molar-refractivity contribution in [2.45, 2.75) is 56.4 Å². The van der Waals surface area contributed by atoms with E-state index in [0.717, 1.165) is 12.2 Å². The Kier molecular flexibility index (Phi) is 5.14. The van der Waals surface area contributed by atoms with Gasteiger partial charge in [-0.1, -0.05) is 19.8 Å². The van der Waals surface area contributed by atoms with Crippen LogP contribution < -0.4 is 11.5 Å². The summed E-state index contributed by atoms with van der Waals surface area (Å²) >= 11 is 1.99. The van der Waals surface area contributed by atoms with Crippen molar-refractivity contribution in [1.82, 2.24) is 0 Å². The van der Waals surface area contributed by atoms with Crippen molar-refractivity contribution in [2.24, 2.45) is 11.5 Å². The summed E-state index contributed by atoms with van der Waals surface area (Å²) in [5.74, 6) is 1.08. The topological polar surface area (TPSA) is 52.0 Å². The molecule has 13 heavy (non-hydrogen) atoms. The molecule has 0 bridgehead atoms. The third-order valence-electron chi connectivity index (χ3n) is 2.80. The van der Waals surface area contributed by atoms with Crippen LogP contribution >= 0.6 is 11.8 Å². The van der Waals surface area contributed by atoms with Crippen molar-refractivity contribution in [1.29, 1.82) is 0 Å². The monoisotopic (exact) mass is 202 g/mol. The van der Waals surface area contributed by atoms with Gasteiger partial charge in [-0.05, 0) is 19.3 Å². The predicted molar refractivity (Wildman–Crippen MR) is 61.0 cm³/mol. The van der Waals surface area contributed by atoms with E-state index < -0.39 is 0 Å². The lowest BCUT2D eigenvalue weighted by molar-refractivity contribution is 0.453. The average Bonchev–Trinajstić information content (AvgIpc) is 2.16. The number of thioether (sulfide) groups is 1. The van der Waals surface area contributed by atoms with E-state index in [9.17, 15) is 0 Å². The van der Waals surface area contributed by atoms with Crippen LogP contribution in [0.25, 0.3) is 0 Å². The maximum absolute atomic E-state index is 6.05. The van der Waals surface area contributed by atoms with E-state index in [2.05, 4.69) is 6.92 Å². The van der Waals surface area contributed by atoms with E-state index in [4.69, 9.17) is 11.5 Å². The summed E-state index contributed by atoms with van der Waals surface area (Å²) in [5, 5.41) is 0.673. The molecule has 2 nitrogen and oxygen atoms in total. The minimum absolute atomic E-state index is 0.360. The summed E-state index contributed by atoms with van der Waals surface area (Å²) in [4.78, 5) is 0. The highest BCUT2D eigenvalue weighted by Gasteiger charge is 2.22. The van der Waals surface area contributed by atoms with Gasteiger partial charge in [-0.15, -0.1) is 0 Å². The Morgan fingerprint density at radius 1 is 1.38 bits per heavy atom. The Bertz CT molecular complexity index is 141. The molecular weight excluding hydrogens is 180 g/mol. The van der Waals surface area contributed by atoms with Crippen LogP contribution in [0.3, 0.4) is 0 Å². The maximum Gasteiger partial charge on any atom is 0.0199 e. The molecule has 0 spiro atoms. The molecule has 1 rings (SSSR count). The van der Waals surface area contributed by atoms with E-state index in [1.165, 1.54) is 25.7 Å². The second-order valence-electron chi connectivity index (χ2n) is 3.99. The van der Waals surface area contributed by atoms with E-state index in [1.54, 1.807) is 0 Å². The van der Waals surface area contributed by atoms with Crippen molar-refractivity contribution < 1.29 is 0 Å². The molecular formula is C10H22N2S. The molecule has 1 fully saturated rings. The molecule has 0 aromatic heterocycles. The van der Waals surface area contributed by atoms with Crippen LogP contribution in [0.4, 0.5) is 0 Å². The smallest absolute Gasteiger partial charge is 0.0199 e. The Hall–Kier alpha value is 0.270. The first kappa shape index (κ1) is 11.3. The Balaban J connectivity index is 2.18. The van der Waals surface area contributed by atoms with Crippen LogP contribution in [0, 0.1) is 0 Å². The Morgan fingerprint density at radius 2 is 2.08 bits per heavy atom. The van der Waals surface area contributed by atoms with Gasteiger partial charge < -0.3 is 11.5 Å². The standard InChI is InChI=1S/C10H22N2S/c1-2-8(11)7-13-10-6-4-3-5-9(10)12/h8-10H,2-7,11-12H2,1H3. The van der Waals surface area contributed by atoms with Gasteiger partial charge in [0.2, 0.25) is 0 Å². The lowest BCUT2D eigenvalue weighted by Crippen LogP contribution is -2.36. The number of hydrogen-bond donors (Lipinski definition) is 2. The van der Waals surface area contributed by atoms with Gasteiger partial charge in [0, 0.05) is 23.1 Å². The summed E-state index contributed by atoms with van der Waals surface area (Å²) in [6.45, 7) is 2.14. The third kappa shape index (κ3) is 3.88. The minimum atomic E-state index is 0.360. The molecule has 0 amide bonds. The van der Waals surface area contributed by atoms with Crippen molar-refractivity contribution in [3.63, 3.8) is 0 Å². The van der Waals surface area contributed by atoms with E-state index >= 15 is 0 Å². The average molecular weight is 202 g/mol. The first-order valence-electron chi connectivity index (χ1n) is 5.36. The first-order chi connectivity index (χ1) is 6.24. The third-order valence-corrected chi connectivity index (χ3v) is 4.44. The fourth-order valence-corrected chi connectivity index (χ4v) is 3.14. The fourth-order valence-electron chi connectivity index (χ4n) is 1.70. The molecule has 3 atom stereocenters. The number of hydrogen-bond acceptors (Lipinski definition) is 3. The van der Waals surface area contributed by atoms with Gasteiger partial charge in [0.05, 0.1) is 0 Å². The number of rotatable bonds is 4. The van der Waals surface area contributed by atoms with Gasteiger partial charge in [0.15, 0.2) is 0 Å². The molecule has 1 aliphatic carbocycles. The van der Waals surface area contributed by atoms with E-state index in [1.807, 2.05) is 11.8 Å². The second-order valence-corrected chi connectivity index (χ2v) is 5.26. The van der Waals surface area contributed by atoms with Crippen LogP contribution in [-0.4, -0.2) is 23.1 Å². The first-order valence-corrected chi connectivity index (χ1v) is 6.41. The minimum Gasteiger partial charge on any atom is -0.327 e. The SMILES string of the molecule is CCC(N)CSC1CCCCC1N. The molecule has 0 aromatic carbocycles. The highest BCUT2D eigenvalue weighted by molar-refractivity contribution is 8.00. The lowest BCUT2D eigenvalue weighted by Gasteiger charge is -2.28. The van der Waals surface area contributed by atoms with E-state index in [0.29, 0.717) is 17.3 Å². The zero-order valence-electron chi connectivity index (χ0n) is 8.54. The van der Waals surface area contributed by atoms with Crippen LogP contribution in [0.1, 0.15) is 39.0 Å². The molecule has 0 heterocycles. The zero-order valence-corrected chi connectivity index (χ0v) is 9.35. The molecule has 4 N–H and O–H groups in total. The molecule has 78 valence electrons. The zero-order chi connectivity index (χ0) is 9.68. The fraction of sp³-hybridized carbons (Fsp3) is 1.00. The van der Waals surface area contributed by atoms with Crippen LogP contribution in [0.2, 0.25) is 0 Å². The number of nitrogens with two attached hydrogens (primary N) is 2. The van der Waals surface area contributed by atoms with Crippen molar-refractivity contribution in [3.8, 4) is 0 Å². The highest BCUT2D eigenvalue weighted by Crippen LogP contribution is 2.27. The van der Waals surface area contributed by atoms with Crippen molar-refractivity contribution in [3.05, 3.63) is 0 Å². The van der Waals surface area contributed by atoms with Crippen molar-refractivity contribution >= 4 is 11.8 Å². The maximum atomic E-state index is 6.05. The Morgan fingerprint density at radius 3 is 2.69 bits per heavy atom. The predicted octanol–water partition coefficient (Wildman–Crippen LogP) is 1.73. The quantitative estimate of drug-likeness (QED) is 0.730.